The number of nitrogens with zero attached hydrogens (tertiary/aromatic N) is 4. The average Bonchev–Trinajstić information content (AvgIpc) is 3.19. The van der Waals surface area contributed by atoms with Crippen molar-refractivity contribution in [2.75, 3.05) is 25.0 Å². The van der Waals surface area contributed by atoms with Gasteiger partial charge in [0.1, 0.15) is 12.1 Å². The fraction of sp³-hybridized carbons (Fsp3) is 0.571. The van der Waals surface area contributed by atoms with Gasteiger partial charge >= 0.3 is 0 Å². The lowest BCUT2D eigenvalue weighted by molar-refractivity contribution is 0.494. The highest BCUT2D eigenvalue weighted by atomic mass is 127. The predicted molar refractivity (Wildman–Crippen MR) is 95.8 cm³/mol. The smallest absolute Gasteiger partial charge is 0.156 e. The lowest BCUT2D eigenvalue weighted by atomic mass is 10.0. The first-order valence-electron chi connectivity index (χ1n) is 7.32. The van der Waals surface area contributed by atoms with Gasteiger partial charge in [0, 0.05) is 49.6 Å². The molecule has 1 aliphatic carbocycles. The van der Waals surface area contributed by atoms with Crippen LogP contribution >= 0.6 is 30.3 Å². The normalized spacial score (nSPS) is 28.2. The summed E-state index contributed by atoms with van der Waals surface area (Å²) in [6.07, 6.45) is 6.32. The standard InChI is InChI=1S/C14H18IN5S/c1-19(11-4-9-6-16-7-10(9)5-11)13-12-2-3-20(21-15)14(12)18-8-17-13/h2-3,8-11,16H,4-7H2,1H3/t9-,10+,11+. The molecule has 0 amide bonds. The van der Waals surface area contributed by atoms with Gasteiger partial charge in [-0.25, -0.2) is 9.97 Å². The molecular weight excluding hydrogens is 397 g/mol. The van der Waals surface area contributed by atoms with Gasteiger partial charge in [0.15, 0.2) is 5.65 Å². The monoisotopic (exact) mass is 415 g/mol. The highest BCUT2D eigenvalue weighted by Gasteiger charge is 2.39. The van der Waals surface area contributed by atoms with E-state index in [1.807, 2.05) is 0 Å². The van der Waals surface area contributed by atoms with Gasteiger partial charge in [-0.2, -0.15) is 0 Å². The largest absolute Gasteiger partial charge is 0.356 e. The molecule has 0 radical (unpaired) electrons. The molecule has 5 nitrogen and oxygen atoms in total. The second kappa shape index (κ2) is 5.58. The minimum Gasteiger partial charge on any atom is -0.356 e. The van der Waals surface area contributed by atoms with Crippen molar-refractivity contribution >= 4 is 47.2 Å². The summed E-state index contributed by atoms with van der Waals surface area (Å²) in [6, 6.07) is 2.74. The Morgan fingerprint density at radius 2 is 2.10 bits per heavy atom. The number of hydrogen-bond acceptors (Lipinski definition) is 5. The summed E-state index contributed by atoms with van der Waals surface area (Å²) in [4.78, 5) is 11.4. The first-order valence-corrected chi connectivity index (χ1v) is 10.6. The van der Waals surface area contributed by atoms with Crippen LogP contribution in [-0.4, -0.2) is 40.1 Å². The van der Waals surface area contributed by atoms with E-state index in [2.05, 4.69) is 64.7 Å². The molecule has 0 spiro atoms. The average molecular weight is 415 g/mol. The van der Waals surface area contributed by atoms with Gasteiger partial charge < -0.3 is 10.2 Å². The highest BCUT2D eigenvalue weighted by molar-refractivity contribution is 14.2. The van der Waals surface area contributed by atoms with Gasteiger partial charge in [0.25, 0.3) is 0 Å². The fourth-order valence-corrected chi connectivity index (χ4v) is 5.15. The third kappa shape index (κ3) is 2.33. The summed E-state index contributed by atoms with van der Waals surface area (Å²) in [5.41, 5.74) is 1.01. The molecule has 1 saturated carbocycles. The molecule has 0 bridgehead atoms. The van der Waals surface area contributed by atoms with Gasteiger partial charge in [-0.1, -0.05) is 0 Å². The topological polar surface area (TPSA) is 46.0 Å². The lowest BCUT2D eigenvalue weighted by Gasteiger charge is -2.26. The SMILES string of the molecule is CN(c1ncnc2c1ccn2SI)[C@@H]1C[C@H]2CNC[C@H]2C1. The molecule has 1 N–H and O–H groups in total. The number of anilines is 1. The van der Waals surface area contributed by atoms with Crippen molar-refractivity contribution in [2.24, 2.45) is 11.8 Å². The van der Waals surface area contributed by atoms with Crippen LogP contribution in [-0.2, 0) is 0 Å². The Morgan fingerprint density at radius 3 is 2.81 bits per heavy atom. The van der Waals surface area contributed by atoms with Crippen LogP contribution in [0.1, 0.15) is 12.8 Å². The second-order valence-electron chi connectivity index (χ2n) is 6.06. The van der Waals surface area contributed by atoms with Crippen LogP contribution < -0.4 is 10.2 Å². The predicted octanol–water partition coefficient (Wildman–Crippen LogP) is 2.71. The molecule has 2 aromatic heterocycles. The van der Waals surface area contributed by atoms with E-state index in [1.165, 1.54) is 25.9 Å². The van der Waals surface area contributed by atoms with Crippen molar-refractivity contribution in [1.82, 2.24) is 19.3 Å². The van der Waals surface area contributed by atoms with E-state index < -0.39 is 0 Å². The lowest BCUT2D eigenvalue weighted by Crippen LogP contribution is -2.31. The van der Waals surface area contributed by atoms with Crippen molar-refractivity contribution < 1.29 is 0 Å². The minimum absolute atomic E-state index is 0.607. The first-order chi connectivity index (χ1) is 10.3. The van der Waals surface area contributed by atoms with Crippen molar-refractivity contribution in [1.29, 1.82) is 0 Å². The van der Waals surface area contributed by atoms with E-state index in [-0.39, 0.29) is 0 Å². The molecule has 112 valence electrons. The van der Waals surface area contributed by atoms with Crippen LogP contribution in [0.5, 0.6) is 0 Å². The Balaban J connectivity index is 1.65. The Hall–Kier alpha value is -0.540. The van der Waals surface area contributed by atoms with Gasteiger partial charge in [0.2, 0.25) is 0 Å². The second-order valence-corrected chi connectivity index (χ2v) is 7.77. The fourth-order valence-electron chi connectivity index (χ4n) is 3.87. The van der Waals surface area contributed by atoms with Crippen molar-refractivity contribution in [3.63, 3.8) is 0 Å². The molecule has 4 rings (SSSR count). The van der Waals surface area contributed by atoms with Crippen LogP contribution in [0.4, 0.5) is 5.82 Å². The van der Waals surface area contributed by atoms with Crippen LogP contribution in [0.15, 0.2) is 18.6 Å². The maximum atomic E-state index is 4.57. The number of halogens is 1. The molecule has 3 heterocycles. The number of nitrogens with one attached hydrogen (secondary N) is 1. The summed E-state index contributed by atoms with van der Waals surface area (Å²) in [7, 11) is 3.83. The van der Waals surface area contributed by atoms with Crippen LogP contribution in [0.25, 0.3) is 11.0 Å². The van der Waals surface area contributed by atoms with Crippen molar-refractivity contribution in [3.05, 3.63) is 18.6 Å². The molecule has 1 saturated heterocycles. The zero-order valence-electron chi connectivity index (χ0n) is 11.9. The molecule has 2 aromatic rings. The summed E-state index contributed by atoms with van der Waals surface area (Å²) in [5.74, 6) is 2.77. The Morgan fingerprint density at radius 1 is 1.33 bits per heavy atom. The van der Waals surface area contributed by atoms with Gasteiger partial charge in [-0.15, -0.1) is 0 Å². The number of hydrogen-bond donors (Lipinski definition) is 1. The summed E-state index contributed by atoms with van der Waals surface area (Å²) in [5, 5.41) is 4.67. The van der Waals surface area contributed by atoms with Gasteiger partial charge in [-0.05, 0) is 43.8 Å². The highest BCUT2D eigenvalue weighted by Crippen LogP contribution is 2.39. The number of fused-ring (bicyclic) bond motifs is 2. The van der Waals surface area contributed by atoms with E-state index in [0.717, 1.165) is 28.7 Å². The van der Waals surface area contributed by atoms with E-state index in [4.69, 9.17) is 0 Å². The zero-order valence-corrected chi connectivity index (χ0v) is 14.8. The molecule has 2 aliphatic rings. The maximum Gasteiger partial charge on any atom is 0.156 e. The van der Waals surface area contributed by atoms with Crippen molar-refractivity contribution in [3.8, 4) is 0 Å². The Bertz CT molecular complexity index is 648. The number of aromatic nitrogens is 3. The summed E-state index contributed by atoms with van der Waals surface area (Å²) in [6.45, 7) is 2.38. The molecule has 3 atom stereocenters. The van der Waals surface area contributed by atoms with Crippen LogP contribution in [0.3, 0.4) is 0 Å². The number of rotatable bonds is 3. The van der Waals surface area contributed by atoms with Gasteiger partial charge in [0.05, 0.1) is 5.39 Å². The molecule has 1 aliphatic heterocycles. The molecular formula is C14H18IN5S. The summed E-state index contributed by atoms with van der Waals surface area (Å²) >= 11 is 2.28. The third-order valence-corrected chi connectivity index (χ3v) is 6.73. The molecule has 0 aromatic carbocycles. The third-order valence-electron chi connectivity index (χ3n) is 5.01. The first kappa shape index (κ1) is 14.1. The van der Waals surface area contributed by atoms with E-state index in [9.17, 15) is 0 Å². The van der Waals surface area contributed by atoms with Crippen LogP contribution in [0.2, 0.25) is 0 Å². The van der Waals surface area contributed by atoms with E-state index in [1.54, 1.807) is 15.4 Å². The van der Waals surface area contributed by atoms with Crippen molar-refractivity contribution in [2.45, 2.75) is 18.9 Å². The maximum absolute atomic E-state index is 4.57. The molecule has 2 fully saturated rings. The zero-order chi connectivity index (χ0) is 14.4. The van der Waals surface area contributed by atoms with Gasteiger partial charge in [-0.3, -0.25) is 3.97 Å². The molecule has 21 heavy (non-hydrogen) atoms. The molecule has 7 heteroatoms. The Kier molecular flexibility index (Phi) is 3.74. The van der Waals surface area contributed by atoms with Crippen LogP contribution in [0, 0.1) is 11.8 Å². The van der Waals surface area contributed by atoms with E-state index in [0.29, 0.717) is 6.04 Å². The Labute approximate surface area is 140 Å². The van der Waals surface area contributed by atoms with E-state index >= 15 is 0 Å². The quantitative estimate of drug-likeness (QED) is 0.782. The molecule has 0 unspecified atom stereocenters. The summed E-state index contributed by atoms with van der Waals surface area (Å²) < 4.78 is 2.09. The minimum atomic E-state index is 0.607.